The Labute approximate surface area is 99.9 Å². The van der Waals surface area contributed by atoms with Crippen molar-refractivity contribution in [1.29, 1.82) is 0 Å². The highest BCUT2D eigenvalue weighted by Gasteiger charge is 2.22. The zero-order chi connectivity index (χ0) is 11.1. The van der Waals surface area contributed by atoms with Gasteiger partial charge in [0.05, 0.1) is 0 Å². The van der Waals surface area contributed by atoms with E-state index >= 15 is 0 Å². The summed E-state index contributed by atoms with van der Waals surface area (Å²) in [5.74, 6) is 0. The van der Waals surface area contributed by atoms with Crippen LogP contribution in [0, 0.1) is 6.92 Å². The highest BCUT2D eigenvalue weighted by molar-refractivity contribution is 7.10. The van der Waals surface area contributed by atoms with Crippen molar-refractivity contribution >= 4 is 11.3 Å². The molecule has 1 aromatic heterocycles. The summed E-state index contributed by atoms with van der Waals surface area (Å²) in [5.41, 5.74) is 11.7. The van der Waals surface area contributed by atoms with Gasteiger partial charge in [-0.3, -0.25) is 0 Å². The van der Waals surface area contributed by atoms with Gasteiger partial charge in [0.1, 0.15) is 0 Å². The topological polar surface area (TPSA) is 26.0 Å². The number of aryl methyl sites for hydroxylation is 1. The van der Waals surface area contributed by atoms with Gasteiger partial charge in [-0.1, -0.05) is 18.2 Å². The van der Waals surface area contributed by atoms with Crippen LogP contribution in [0.2, 0.25) is 0 Å². The van der Waals surface area contributed by atoms with Crippen LogP contribution in [0.1, 0.15) is 28.5 Å². The van der Waals surface area contributed by atoms with Gasteiger partial charge in [0.2, 0.25) is 0 Å². The van der Waals surface area contributed by atoms with Crippen LogP contribution < -0.4 is 5.73 Å². The molecular weight excluding hydrogens is 214 g/mol. The molecule has 1 nitrogen and oxygen atoms in total. The Kier molecular flexibility index (Phi) is 2.34. The summed E-state index contributed by atoms with van der Waals surface area (Å²) in [4.78, 5) is 1.40. The smallest absolute Gasteiger partial charge is 0.0300 e. The fourth-order valence-corrected chi connectivity index (χ4v) is 3.32. The standard InChI is InChI=1S/C14H15NS/c1-9-10(7-8-16-9)11-3-2-4-13-12(11)5-6-14(13)15/h2-4,7-8,14H,5-6,15H2,1H3. The lowest BCUT2D eigenvalue weighted by Crippen LogP contribution is -2.04. The molecular formula is C14H15NS. The molecule has 0 aliphatic heterocycles. The largest absolute Gasteiger partial charge is 0.324 e. The highest BCUT2D eigenvalue weighted by atomic mass is 32.1. The summed E-state index contributed by atoms with van der Waals surface area (Å²) >= 11 is 1.81. The van der Waals surface area contributed by atoms with Gasteiger partial charge < -0.3 is 5.73 Å². The summed E-state index contributed by atoms with van der Waals surface area (Å²) < 4.78 is 0. The van der Waals surface area contributed by atoms with Crippen LogP contribution in [0.3, 0.4) is 0 Å². The van der Waals surface area contributed by atoms with Crippen molar-refractivity contribution in [3.8, 4) is 11.1 Å². The molecule has 2 heteroatoms. The highest BCUT2D eigenvalue weighted by Crippen LogP contribution is 2.38. The van der Waals surface area contributed by atoms with E-state index in [4.69, 9.17) is 5.73 Å². The molecule has 1 aromatic carbocycles. The van der Waals surface area contributed by atoms with Crippen LogP contribution >= 0.6 is 11.3 Å². The minimum absolute atomic E-state index is 0.244. The van der Waals surface area contributed by atoms with Gasteiger partial charge in [-0.2, -0.15) is 0 Å². The summed E-state index contributed by atoms with van der Waals surface area (Å²) in [5, 5.41) is 2.17. The normalized spacial score (nSPS) is 18.8. The van der Waals surface area contributed by atoms with Crippen LogP contribution in [-0.4, -0.2) is 0 Å². The number of hydrogen-bond acceptors (Lipinski definition) is 2. The Hall–Kier alpha value is -1.12. The average Bonchev–Trinajstić information content (AvgIpc) is 2.86. The predicted octanol–water partition coefficient (Wildman–Crippen LogP) is 3.67. The van der Waals surface area contributed by atoms with Gasteiger partial charge >= 0.3 is 0 Å². The first kappa shape index (κ1) is 10.1. The summed E-state index contributed by atoms with van der Waals surface area (Å²) in [6.07, 6.45) is 2.22. The Balaban J connectivity index is 2.20. The average molecular weight is 229 g/mol. The van der Waals surface area contributed by atoms with E-state index in [2.05, 4.69) is 36.6 Å². The van der Waals surface area contributed by atoms with Crippen LogP contribution in [0.25, 0.3) is 11.1 Å². The van der Waals surface area contributed by atoms with Crippen LogP contribution in [0.5, 0.6) is 0 Å². The van der Waals surface area contributed by atoms with E-state index in [1.165, 1.54) is 27.1 Å². The van der Waals surface area contributed by atoms with E-state index in [9.17, 15) is 0 Å². The molecule has 0 bridgehead atoms. The van der Waals surface area contributed by atoms with Gasteiger partial charge in [-0.15, -0.1) is 11.3 Å². The van der Waals surface area contributed by atoms with Gasteiger partial charge in [-0.05, 0) is 53.5 Å². The van der Waals surface area contributed by atoms with Crippen molar-refractivity contribution in [3.63, 3.8) is 0 Å². The van der Waals surface area contributed by atoms with E-state index in [1.54, 1.807) is 0 Å². The predicted molar refractivity (Wildman–Crippen MR) is 69.7 cm³/mol. The maximum absolute atomic E-state index is 6.11. The Morgan fingerprint density at radius 1 is 1.25 bits per heavy atom. The SMILES string of the molecule is Cc1sccc1-c1cccc2c1CCC2N. The van der Waals surface area contributed by atoms with Gasteiger partial charge in [-0.25, -0.2) is 0 Å². The van der Waals surface area contributed by atoms with E-state index in [-0.39, 0.29) is 6.04 Å². The monoisotopic (exact) mass is 229 g/mol. The molecule has 16 heavy (non-hydrogen) atoms. The summed E-state index contributed by atoms with van der Waals surface area (Å²) in [6, 6.07) is 9.01. The third-order valence-corrected chi connectivity index (χ3v) is 4.31. The third-order valence-electron chi connectivity index (χ3n) is 3.47. The van der Waals surface area contributed by atoms with Crippen molar-refractivity contribution in [2.24, 2.45) is 5.73 Å². The zero-order valence-electron chi connectivity index (χ0n) is 9.36. The summed E-state index contributed by atoms with van der Waals surface area (Å²) in [7, 11) is 0. The number of fused-ring (bicyclic) bond motifs is 1. The van der Waals surface area contributed by atoms with E-state index in [0.29, 0.717) is 0 Å². The molecule has 0 radical (unpaired) electrons. The molecule has 1 atom stereocenters. The molecule has 1 heterocycles. The lowest BCUT2D eigenvalue weighted by Gasteiger charge is -2.09. The second-order valence-electron chi connectivity index (χ2n) is 4.41. The first-order valence-electron chi connectivity index (χ1n) is 5.69. The first-order valence-corrected chi connectivity index (χ1v) is 6.57. The number of benzene rings is 1. The molecule has 3 rings (SSSR count). The molecule has 1 aliphatic rings. The Bertz CT molecular complexity index is 527. The maximum Gasteiger partial charge on any atom is 0.0300 e. The molecule has 0 saturated carbocycles. The molecule has 0 amide bonds. The molecule has 2 aromatic rings. The quantitative estimate of drug-likeness (QED) is 0.793. The number of nitrogens with two attached hydrogens (primary N) is 1. The second kappa shape index (κ2) is 3.72. The minimum atomic E-state index is 0.244. The molecule has 0 saturated heterocycles. The Morgan fingerprint density at radius 3 is 2.88 bits per heavy atom. The lowest BCUT2D eigenvalue weighted by atomic mass is 9.97. The van der Waals surface area contributed by atoms with Gasteiger partial charge in [0.15, 0.2) is 0 Å². The second-order valence-corrected chi connectivity index (χ2v) is 5.53. The van der Waals surface area contributed by atoms with E-state index < -0.39 is 0 Å². The molecule has 0 fully saturated rings. The van der Waals surface area contributed by atoms with Crippen molar-refractivity contribution in [1.82, 2.24) is 0 Å². The van der Waals surface area contributed by atoms with Crippen molar-refractivity contribution < 1.29 is 0 Å². The zero-order valence-corrected chi connectivity index (χ0v) is 10.2. The number of hydrogen-bond donors (Lipinski definition) is 1. The third kappa shape index (κ3) is 1.41. The van der Waals surface area contributed by atoms with Crippen molar-refractivity contribution in [2.75, 3.05) is 0 Å². The van der Waals surface area contributed by atoms with Crippen molar-refractivity contribution in [2.45, 2.75) is 25.8 Å². The molecule has 1 aliphatic carbocycles. The van der Waals surface area contributed by atoms with E-state index in [0.717, 1.165) is 12.8 Å². The van der Waals surface area contributed by atoms with E-state index in [1.807, 2.05) is 11.3 Å². The minimum Gasteiger partial charge on any atom is -0.324 e. The van der Waals surface area contributed by atoms with Crippen LogP contribution in [0.15, 0.2) is 29.6 Å². The fourth-order valence-electron chi connectivity index (χ4n) is 2.60. The maximum atomic E-state index is 6.11. The summed E-state index contributed by atoms with van der Waals surface area (Å²) in [6.45, 7) is 2.19. The molecule has 2 N–H and O–H groups in total. The van der Waals surface area contributed by atoms with Crippen LogP contribution in [-0.2, 0) is 6.42 Å². The molecule has 82 valence electrons. The van der Waals surface area contributed by atoms with Crippen molar-refractivity contribution in [3.05, 3.63) is 45.6 Å². The first-order chi connectivity index (χ1) is 7.77. The van der Waals surface area contributed by atoms with Gasteiger partial charge in [0.25, 0.3) is 0 Å². The van der Waals surface area contributed by atoms with Gasteiger partial charge in [0, 0.05) is 10.9 Å². The lowest BCUT2D eigenvalue weighted by molar-refractivity contribution is 0.713. The fraction of sp³-hybridized carbons (Fsp3) is 0.286. The Morgan fingerprint density at radius 2 is 2.12 bits per heavy atom. The number of thiophene rings is 1. The molecule has 1 unspecified atom stereocenters. The number of rotatable bonds is 1. The van der Waals surface area contributed by atoms with Crippen LogP contribution in [0.4, 0.5) is 0 Å². The molecule has 0 spiro atoms.